The Morgan fingerprint density at radius 2 is 2.31 bits per heavy atom. The lowest BCUT2D eigenvalue weighted by molar-refractivity contribution is -0.132. The molecular weight excluding hydrogens is 164 g/mol. The van der Waals surface area contributed by atoms with Gasteiger partial charge in [0.1, 0.15) is 0 Å². The number of rotatable bonds is 4. The van der Waals surface area contributed by atoms with Gasteiger partial charge in [0, 0.05) is 25.6 Å². The van der Waals surface area contributed by atoms with Crippen molar-refractivity contribution in [3.05, 3.63) is 0 Å². The second-order valence-electron chi connectivity index (χ2n) is 3.58. The lowest BCUT2D eigenvalue weighted by Gasteiger charge is -2.27. The third-order valence-corrected chi connectivity index (χ3v) is 2.60. The maximum Gasteiger partial charge on any atom is 0.222 e. The molecule has 3 nitrogen and oxygen atoms in total. The molecule has 0 bridgehead atoms. The van der Waals surface area contributed by atoms with Crippen LogP contribution in [-0.2, 0) is 4.79 Å². The van der Waals surface area contributed by atoms with Crippen LogP contribution in [0.5, 0.6) is 0 Å². The van der Waals surface area contributed by atoms with Crippen LogP contribution in [0.25, 0.3) is 0 Å². The smallest absolute Gasteiger partial charge is 0.222 e. The number of nitrogens with one attached hydrogen (secondary N) is 1. The zero-order chi connectivity index (χ0) is 9.68. The van der Waals surface area contributed by atoms with E-state index in [1.807, 2.05) is 4.90 Å². The monoisotopic (exact) mass is 184 g/mol. The van der Waals surface area contributed by atoms with E-state index in [9.17, 15) is 4.79 Å². The Kier molecular flexibility index (Phi) is 4.22. The average molecular weight is 184 g/mol. The summed E-state index contributed by atoms with van der Waals surface area (Å²) in [6.45, 7) is 7.00. The van der Waals surface area contributed by atoms with Crippen LogP contribution in [-0.4, -0.2) is 36.5 Å². The van der Waals surface area contributed by atoms with Gasteiger partial charge in [0.05, 0.1) is 0 Å². The Morgan fingerprint density at radius 1 is 1.54 bits per heavy atom. The second kappa shape index (κ2) is 5.22. The molecule has 1 amide bonds. The van der Waals surface area contributed by atoms with Crippen LogP contribution >= 0.6 is 0 Å². The van der Waals surface area contributed by atoms with Crippen molar-refractivity contribution < 1.29 is 4.79 Å². The molecule has 1 atom stereocenters. The van der Waals surface area contributed by atoms with Crippen molar-refractivity contribution in [3.63, 3.8) is 0 Å². The van der Waals surface area contributed by atoms with Gasteiger partial charge in [-0.3, -0.25) is 4.79 Å². The van der Waals surface area contributed by atoms with Gasteiger partial charge in [-0.1, -0.05) is 6.92 Å². The van der Waals surface area contributed by atoms with Crippen molar-refractivity contribution in [1.82, 2.24) is 10.2 Å². The minimum absolute atomic E-state index is 0.318. The summed E-state index contributed by atoms with van der Waals surface area (Å²) < 4.78 is 0. The van der Waals surface area contributed by atoms with E-state index in [0.29, 0.717) is 18.4 Å². The molecule has 3 heteroatoms. The average Bonchev–Trinajstić information content (AvgIpc) is 2.59. The first-order valence-electron chi connectivity index (χ1n) is 5.29. The van der Waals surface area contributed by atoms with Gasteiger partial charge in [-0.25, -0.2) is 0 Å². The number of carbonyl (C=O) groups excluding carboxylic acids is 1. The first kappa shape index (κ1) is 10.5. The van der Waals surface area contributed by atoms with Gasteiger partial charge in [0.15, 0.2) is 0 Å². The summed E-state index contributed by atoms with van der Waals surface area (Å²) >= 11 is 0. The molecule has 0 radical (unpaired) electrons. The van der Waals surface area contributed by atoms with Gasteiger partial charge in [0.2, 0.25) is 5.91 Å². The fourth-order valence-electron chi connectivity index (χ4n) is 1.90. The fraction of sp³-hybridized carbons (Fsp3) is 0.900. The molecule has 1 fully saturated rings. The van der Waals surface area contributed by atoms with Crippen LogP contribution in [0.3, 0.4) is 0 Å². The summed E-state index contributed by atoms with van der Waals surface area (Å²) in [4.78, 5) is 13.7. The van der Waals surface area contributed by atoms with Crippen LogP contribution in [0.15, 0.2) is 0 Å². The quantitative estimate of drug-likeness (QED) is 0.707. The lowest BCUT2D eigenvalue weighted by Crippen LogP contribution is -2.41. The highest BCUT2D eigenvalue weighted by Gasteiger charge is 2.24. The summed E-state index contributed by atoms with van der Waals surface area (Å²) in [6.07, 6.45) is 2.77. The number of hydrogen-bond acceptors (Lipinski definition) is 2. The largest absolute Gasteiger partial charge is 0.339 e. The van der Waals surface area contributed by atoms with Gasteiger partial charge < -0.3 is 10.2 Å². The summed E-state index contributed by atoms with van der Waals surface area (Å²) in [7, 11) is 0. The van der Waals surface area contributed by atoms with E-state index in [0.717, 1.165) is 32.5 Å². The van der Waals surface area contributed by atoms with E-state index in [2.05, 4.69) is 19.2 Å². The van der Waals surface area contributed by atoms with Crippen molar-refractivity contribution >= 4 is 5.91 Å². The molecule has 1 N–H and O–H groups in total. The van der Waals surface area contributed by atoms with Gasteiger partial charge >= 0.3 is 0 Å². The molecule has 1 aliphatic rings. The zero-order valence-electron chi connectivity index (χ0n) is 8.68. The van der Waals surface area contributed by atoms with E-state index in [1.165, 1.54) is 0 Å². The van der Waals surface area contributed by atoms with Crippen molar-refractivity contribution in [2.24, 2.45) is 0 Å². The molecule has 1 aliphatic heterocycles. The van der Waals surface area contributed by atoms with Gasteiger partial charge in [-0.05, 0) is 26.3 Å². The van der Waals surface area contributed by atoms with E-state index >= 15 is 0 Å². The Morgan fingerprint density at radius 3 is 2.77 bits per heavy atom. The predicted octanol–water partition coefficient (Wildman–Crippen LogP) is 0.997. The number of hydrogen-bond donors (Lipinski definition) is 1. The Bertz CT molecular complexity index is 164. The molecule has 76 valence electrons. The van der Waals surface area contributed by atoms with Crippen molar-refractivity contribution in [2.75, 3.05) is 19.6 Å². The molecule has 0 spiro atoms. The summed E-state index contributed by atoms with van der Waals surface area (Å²) in [5.41, 5.74) is 0. The van der Waals surface area contributed by atoms with Crippen molar-refractivity contribution in [2.45, 2.75) is 39.2 Å². The highest BCUT2D eigenvalue weighted by Crippen LogP contribution is 2.10. The standard InChI is InChI=1S/C10H20N2O/c1-3-5-10(13)12(4-2)9-6-7-11-8-9/h9,11H,3-8H2,1-2H3. The second-order valence-corrected chi connectivity index (χ2v) is 3.58. The normalized spacial score (nSPS) is 21.8. The highest BCUT2D eigenvalue weighted by molar-refractivity contribution is 5.76. The molecule has 1 heterocycles. The Labute approximate surface area is 80.5 Å². The van der Waals surface area contributed by atoms with Crippen LogP contribution < -0.4 is 5.32 Å². The molecule has 13 heavy (non-hydrogen) atoms. The first-order chi connectivity index (χ1) is 6.29. The van der Waals surface area contributed by atoms with Crippen molar-refractivity contribution in [3.8, 4) is 0 Å². The highest BCUT2D eigenvalue weighted by atomic mass is 16.2. The molecule has 1 rings (SSSR count). The van der Waals surface area contributed by atoms with E-state index in [1.54, 1.807) is 0 Å². The molecular formula is C10H20N2O. The van der Waals surface area contributed by atoms with Crippen molar-refractivity contribution in [1.29, 1.82) is 0 Å². The SMILES string of the molecule is CCCC(=O)N(CC)C1CCNC1. The lowest BCUT2D eigenvalue weighted by atomic mass is 10.2. The van der Waals surface area contributed by atoms with Crippen LogP contribution in [0.1, 0.15) is 33.1 Å². The minimum atomic E-state index is 0.318. The van der Waals surface area contributed by atoms with E-state index in [-0.39, 0.29) is 0 Å². The molecule has 0 aliphatic carbocycles. The molecule has 0 saturated carbocycles. The molecule has 1 unspecified atom stereocenters. The fourth-order valence-corrected chi connectivity index (χ4v) is 1.90. The third kappa shape index (κ3) is 2.69. The third-order valence-electron chi connectivity index (χ3n) is 2.60. The number of carbonyl (C=O) groups is 1. The topological polar surface area (TPSA) is 32.3 Å². The number of amides is 1. The first-order valence-corrected chi connectivity index (χ1v) is 5.29. The zero-order valence-corrected chi connectivity index (χ0v) is 8.68. The van der Waals surface area contributed by atoms with E-state index in [4.69, 9.17) is 0 Å². The summed E-state index contributed by atoms with van der Waals surface area (Å²) in [6, 6.07) is 0.448. The van der Waals surface area contributed by atoms with Gasteiger partial charge in [0.25, 0.3) is 0 Å². The molecule has 0 aromatic carbocycles. The van der Waals surface area contributed by atoms with Gasteiger partial charge in [-0.2, -0.15) is 0 Å². The maximum absolute atomic E-state index is 11.7. The summed E-state index contributed by atoms with van der Waals surface area (Å²) in [5.74, 6) is 0.318. The molecule has 1 saturated heterocycles. The Hall–Kier alpha value is -0.570. The maximum atomic E-state index is 11.7. The predicted molar refractivity (Wildman–Crippen MR) is 53.6 cm³/mol. The van der Waals surface area contributed by atoms with Crippen LogP contribution in [0, 0.1) is 0 Å². The summed E-state index contributed by atoms with van der Waals surface area (Å²) in [5, 5.41) is 3.29. The minimum Gasteiger partial charge on any atom is -0.339 e. The van der Waals surface area contributed by atoms with Gasteiger partial charge in [-0.15, -0.1) is 0 Å². The van der Waals surface area contributed by atoms with Crippen LogP contribution in [0.4, 0.5) is 0 Å². The van der Waals surface area contributed by atoms with Crippen LogP contribution in [0.2, 0.25) is 0 Å². The van der Waals surface area contributed by atoms with E-state index < -0.39 is 0 Å². The Balaban J connectivity index is 2.44. The number of nitrogens with zero attached hydrogens (tertiary/aromatic N) is 1. The number of likely N-dealkylation sites (N-methyl/N-ethyl adjacent to an activating group) is 1. The molecule has 0 aromatic rings. The molecule has 0 aromatic heterocycles.